The van der Waals surface area contributed by atoms with Gasteiger partial charge in [0, 0.05) is 73.4 Å². The maximum absolute atomic E-state index is 13.5. The Balaban J connectivity index is 1.32. The summed E-state index contributed by atoms with van der Waals surface area (Å²) in [6, 6.07) is 27.3. The van der Waals surface area contributed by atoms with Crippen molar-refractivity contribution in [3.8, 4) is 12.1 Å². The van der Waals surface area contributed by atoms with E-state index in [-0.39, 0.29) is 61.1 Å². The van der Waals surface area contributed by atoms with Gasteiger partial charge in [-0.05, 0) is 73.4 Å². The minimum atomic E-state index is -1.01. The lowest BCUT2D eigenvalue weighted by Gasteiger charge is -2.27. The van der Waals surface area contributed by atoms with Crippen molar-refractivity contribution in [3.63, 3.8) is 0 Å². The van der Waals surface area contributed by atoms with E-state index in [1.165, 1.54) is 5.56 Å². The molecule has 11 heteroatoms. The van der Waals surface area contributed by atoms with Crippen LogP contribution in [-0.4, -0.2) is 98.8 Å². The van der Waals surface area contributed by atoms with Crippen molar-refractivity contribution in [1.82, 2.24) is 0 Å². The molecule has 6 rings (SSSR count). The van der Waals surface area contributed by atoms with Crippen molar-refractivity contribution in [2.75, 3.05) is 75.6 Å². The van der Waals surface area contributed by atoms with Crippen LogP contribution in [0.5, 0.6) is 0 Å². The first-order valence-electron chi connectivity index (χ1n) is 21.1. The third kappa shape index (κ3) is 9.96. The average molecular weight is 813 g/mol. The fourth-order valence-corrected chi connectivity index (χ4v) is 8.76. The molecule has 0 amide bonds. The SMILES string of the molecule is C/C(=C(/C#N)C(=O)CCCOCCOCCO)c1ccc2ccccc2c1N1CCC(c2cccc3c(N4CCCC4)c(/C(C)=C(\C#N)C(=O)CCC(O)CO)ccc23)C1. The number of ether oxygens (including phenoxy) is 2. The number of hydrogen-bond acceptors (Lipinski definition) is 11. The molecule has 2 unspecified atom stereocenters. The second-order valence-corrected chi connectivity index (χ2v) is 15.7. The number of carbonyl (C=O) groups excluding carboxylic acids is 2. The molecule has 11 nitrogen and oxygen atoms in total. The molecule has 2 fully saturated rings. The second-order valence-electron chi connectivity index (χ2n) is 15.7. The van der Waals surface area contributed by atoms with Gasteiger partial charge >= 0.3 is 0 Å². The van der Waals surface area contributed by atoms with E-state index in [9.17, 15) is 30.3 Å². The highest BCUT2D eigenvalue weighted by atomic mass is 16.5. The summed E-state index contributed by atoms with van der Waals surface area (Å²) in [6.07, 6.45) is 2.71. The average Bonchev–Trinajstić information content (AvgIpc) is 3.99. The van der Waals surface area contributed by atoms with Gasteiger partial charge in [-0.15, -0.1) is 0 Å². The molecule has 4 aromatic carbocycles. The molecule has 2 aliphatic rings. The fourth-order valence-electron chi connectivity index (χ4n) is 8.76. The molecule has 0 aliphatic carbocycles. The molecule has 60 heavy (non-hydrogen) atoms. The van der Waals surface area contributed by atoms with Crippen molar-refractivity contribution in [2.45, 2.75) is 70.8 Å². The zero-order valence-corrected chi connectivity index (χ0v) is 34.8. The molecule has 2 aliphatic heterocycles. The first-order chi connectivity index (χ1) is 29.2. The van der Waals surface area contributed by atoms with Gasteiger partial charge in [0.2, 0.25) is 0 Å². The highest BCUT2D eigenvalue weighted by Gasteiger charge is 2.30. The summed E-state index contributed by atoms with van der Waals surface area (Å²) < 4.78 is 10.8. The topological polar surface area (TPSA) is 167 Å². The van der Waals surface area contributed by atoms with Gasteiger partial charge in [-0.2, -0.15) is 10.5 Å². The highest BCUT2D eigenvalue weighted by Crippen LogP contribution is 2.44. The van der Waals surface area contributed by atoms with Crippen molar-refractivity contribution in [2.24, 2.45) is 0 Å². The summed E-state index contributed by atoms with van der Waals surface area (Å²) in [5, 5.41) is 52.8. The first kappa shape index (κ1) is 44.2. The largest absolute Gasteiger partial charge is 0.394 e. The van der Waals surface area contributed by atoms with Crippen molar-refractivity contribution < 1.29 is 34.4 Å². The number of aliphatic hydroxyl groups excluding tert-OH is 3. The fraction of sp³-hybridized carbons (Fsp3) is 0.429. The molecular formula is C49H56N4O7. The van der Waals surface area contributed by atoms with Gasteiger partial charge in [0.15, 0.2) is 11.6 Å². The lowest BCUT2D eigenvalue weighted by atomic mass is 9.88. The van der Waals surface area contributed by atoms with Crippen LogP contribution in [0.2, 0.25) is 0 Å². The minimum Gasteiger partial charge on any atom is -0.394 e. The lowest BCUT2D eigenvalue weighted by Crippen LogP contribution is -2.21. The van der Waals surface area contributed by atoms with Crippen molar-refractivity contribution >= 4 is 55.6 Å². The van der Waals surface area contributed by atoms with Gasteiger partial charge in [0.05, 0.1) is 61.7 Å². The predicted octanol–water partition coefficient (Wildman–Crippen LogP) is 7.26. The van der Waals surface area contributed by atoms with Crippen molar-refractivity contribution in [3.05, 3.63) is 94.6 Å². The Labute approximate surface area is 352 Å². The summed E-state index contributed by atoms with van der Waals surface area (Å²) in [5.41, 5.74) is 6.48. The van der Waals surface area contributed by atoms with E-state index in [0.29, 0.717) is 37.4 Å². The Morgan fingerprint density at radius 2 is 1.37 bits per heavy atom. The van der Waals surface area contributed by atoms with E-state index in [1.54, 1.807) is 0 Å². The van der Waals surface area contributed by atoms with E-state index >= 15 is 0 Å². The predicted molar refractivity (Wildman–Crippen MR) is 236 cm³/mol. The molecular weight excluding hydrogens is 757 g/mol. The third-order valence-corrected chi connectivity index (χ3v) is 11.9. The van der Waals surface area contributed by atoms with Crippen LogP contribution < -0.4 is 9.80 Å². The van der Waals surface area contributed by atoms with E-state index in [0.717, 1.165) is 89.5 Å². The highest BCUT2D eigenvalue weighted by molar-refractivity contribution is 6.11. The molecule has 4 aromatic rings. The molecule has 2 atom stereocenters. The summed E-state index contributed by atoms with van der Waals surface area (Å²) in [7, 11) is 0. The Hall–Kier alpha value is -5.40. The summed E-state index contributed by atoms with van der Waals surface area (Å²) >= 11 is 0. The van der Waals surface area contributed by atoms with E-state index in [2.05, 4.69) is 64.4 Å². The lowest BCUT2D eigenvalue weighted by molar-refractivity contribution is -0.116. The molecule has 314 valence electrons. The normalized spacial score (nSPS) is 16.8. The minimum absolute atomic E-state index is 0.0293. The number of carbonyl (C=O) groups is 2. The second kappa shape index (κ2) is 21.2. The van der Waals surface area contributed by atoms with Crippen LogP contribution in [0.3, 0.4) is 0 Å². The number of fused-ring (bicyclic) bond motifs is 2. The number of ketones is 2. The number of nitrogens with zero attached hydrogens (tertiary/aromatic N) is 4. The van der Waals surface area contributed by atoms with Gasteiger partial charge < -0.3 is 34.6 Å². The number of nitriles is 2. The number of aliphatic hydroxyl groups is 3. The maximum Gasteiger partial charge on any atom is 0.173 e. The van der Waals surface area contributed by atoms with E-state index in [1.807, 2.05) is 38.1 Å². The third-order valence-electron chi connectivity index (χ3n) is 11.9. The number of Topliss-reactive ketones (excluding diaryl/α,β-unsaturated/α-hetero) is 2. The molecule has 0 bridgehead atoms. The van der Waals surface area contributed by atoms with Crippen LogP contribution in [0.1, 0.15) is 81.4 Å². The first-order valence-corrected chi connectivity index (χ1v) is 21.1. The molecule has 2 heterocycles. The quantitative estimate of drug-likeness (QED) is 0.0467. The Morgan fingerprint density at radius 1 is 0.733 bits per heavy atom. The van der Waals surface area contributed by atoms with Crippen LogP contribution in [0.4, 0.5) is 11.4 Å². The standard InChI is InChI=1S/C49H56N4O7/c1-33(44(29-50)46(57)13-8-25-59-27-28-60-26-24-54)38-16-14-35-9-3-4-10-41(35)48(38)53-23-20-36(31-53)40-11-7-12-43-42(40)18-17-39(49(43)52-21-5-6-22-52)34(2)45(30-51)47(58)19-15-37(56)32-55/h3-4,7,9-12,14,16-18,36-37,54-56H,5-6,8,13,15,19-28,31-32H2,1-2H3/b44-33+,45-34+. The van der Waals surface area contributed by atoms with Gasteiger partial charge in [-0.3, -0.25) is 9.59 Å². The zero-order chi connectivity index (χ0) is 42.6. The summed E-state index contributed by atoms with van der Waals surface area (Å²) in [5.74, 6) is -0.380. The Kier molecular flexibility index (Phi) is 15.6. The summed E-state index contributed by atoms with van der Waals surface area (Å²) in [6.45, 7) is 7.84. The van der Waals surface area contributed by atoms with Crippen molar-refractivity contribution in [1.29, 1.82) is 10.5 Å². The number of allylic oxidation sites excluding steroid dienone is 4. The monoisotopic (exact) mass is 812 g/mol. The van der Waals surface area contributed by atoms with Crippen LogP contribution in [0.25, 0.3) is 32.7 Å². The van der Waals surface area contributed by atoms with Crippen LogP contribution in [0, 0.1) is 22.7 Å². The van der Waals surface area contributed by atoms with Gasteiger partial charge in [-0.1, -0.05) is 66.7 Å². The van der Waals surface area contributed by atoms with E-state index < -0.39 is 12.7 Å². The van der Waals surface area contributed by atoms with Crippen LogP contribution in [-0.2, 0) is 19.1 Å². The van der Waals surface area contributed by atoms with E-state index in [4.69, 9.17) is 14.6 Å². The number of anilines is 2. The number of rotatable bonds is 20. The Morgan fingerprint density at radius 3 is 2.05 bits per heavy atom. The smallest absolute Gasteiger partial charge is 0.173 e. The summed E-state index contributed by atoms with van der Waals surface area (Å²) in [4.78, 5) is 31.6. The molecule has 0 saturated carbocycles. The number of hydrogen-bond donors (Lipinski definition) is 3. The van der Waals surface area contributed by atoms with Crippen LogP contribution >= 0.6 is 0 Å². The van der Waals surface area contributed by atoms with Crippen LogP contribution in [0.15, 0.2) is 77.9 Å². The zero-order valence-electron chi connectivity index (χ0n) is 34.8. The number of benzene rings is 4. The van der Waals surface area contributed by atoms with Gasteiger partial charge in [0.25, 0.3) is 0 Å². The van der Waals surface area contributed by atoms with Gasteiger partial charge in [0.1, 0.15) is 12.1 Å². The maximum atomic E-state index is 13.5. The molecule has 0 aromatic heterocycles. The van der Waals surface area contributed by atoms with Gasteiger partial charge in [-0.25, -0.2) is 0 Å². The molecule has 0 radical (unpaired) electrons. The molecule has 3 N–H and O–H groups in total. The Bertz CT molecular complexity index is 2330. The molecule has 2 saturated heterocycles. The molecule has 0 spiro atoms.